The van der Waals surface area contributed by atoms with E-state index in [4.69, 9.17) is 4.99 Å². The standard InChI is InChI=1S/C17H21NO/c19-17-11-15(10-13-6-4-5-7-13)18-12-16(17)14-8-2-1-3-9-14/h1-3,8-9,13,16H,4-7,10-12H2. The summed E-state index contributed by atoms with van der Waals surface area (Å²) in [6, 6.07) is 10.1. The Labute approximate surface area is 114 Å². The van der Waals surface area contributed by atoms with E-state index in [-0.39, 0.29) is 5.92 Å². The smallest absolute Gasteiger partial charge is 0.147 e. The van der Waals surface area contributed by atoms with Gasteiger partial charge in [-0.15, -0.1) is 0 Å². The Morgan fingerprint density at radius 2 is 1.84 bits per heavy atom. The molecule has 2 nitrogen and oxygen atoms in total. The van der Waals surface area contributed by atoms with Gasteiger partial charge in [-0.1, -0.05) is 56.0 Å². The molecule has 1 unspecified atom stereocenters. The molecular formula is C17H21NO. The van der Waals surface area contributed by atoms with Crippen molar-refractivity contribution in [1.82, 2.24) is 0 Å². The molecule has 1 fully saturated rings. The summed E-state index contributed by atoms with van der Waals surface area (Å²) >= 11 is 0. The number of nitrogens with zero attached hydrogens (tertiary/aromatic N) is 1. The van der Waals surface area contributed by atoms with E-state index in [9.17, 15) is 4.79 Å². The number of ketones is 1. The first-order chi connectivity index (χ1) is 9.33. The van der Waals surface area contributed by atoms with Gasteiger partial charge in [-0.25, -0.2) is 0 Å². The Hall–Kier alpha value is -1.44. The van der Waals surface area contributed by atoms with Crippen LogP contribution in [0.4, 0.5) is 0 Å². The predicted molar refractivity (Wildman–Crippen MR) is 77.7 cm³/mol. The average Bonchev–Trinajstić information content (AvgIpc) is 2.93. The van der Waals surface area contributed by atoms with Gasteiger partial charge in [0.05, 0.1) is 12.5 Å². The quantitative estimate of drug-likeness (QED) is 0.808. The molecule has 0 aromatic heterocycles. The van der Waals surface area contributed by atoms with Crippen LogP contribution in [0.2, 0.25) is 0 Å². The number of benzene rings is 1. The highest BCUT2D eigenvalue weighted by Crippen LogP contribution is 2.30. The first-order valence-corrected chi connectivity index (χ1v) is 7.43. The third-order valence-corrected chi connectivity index (χ3v) is 4.47. The van der Waals surface area contributed by atoms with Gasteiger partial charge in [-0.3, -0.25) is 9.79 Å². The lowest BCUT2D eigenvalue weighted by atomic mass is 9.87. The molecule has 19 heavy (non-hydrogen) atoms. The Bertz CT molecular complexity index is 471. The van der Waals surface area contributed by atoms with Crippen molar-refractivity contribution >= 4 is 11.5 Å². The molecule has 2 aliphatic rings. The van der Waals surface area contributed by atoms with E-state index in [1.54, 1.807) is 0 Å². The van der Waals surface area contributed by atoms with Gasteiger partial charge < -0.3 is 0 Å². The summed E-state index contributed by atoms with van der Waals surface area (Å²) in [6.45, 7) is 0.658. The third-order valence-electron chi connectivity index (χ3n) is 4.47. The van der Waals surface area contributed by atoms with Gasteiger partial charge >= 0.3 is 0 Å². The summed E-state index contributed by atoms with van der Waals surface area (Å²) in [6.07, 6.45) is 7.02. The van der Waals surface area contributed by atoms with Crippen molar-refractivity contribution in [2.24, 2.45) is 10.9 Å². The van der Waals surface area contributed by atoms with Crippen LogP contribution in [0.25, 0.3) is 0 Å². The molecule has 1 aromatic rings. The number of hydrogen-bond donors (Lipinski definition) is 0. The lowest BCUT2D eigenvalue weighted by molar-refractivity contribution is -0.119. The minimum atomic E-state index is -0.00599. The molecular weight excluding hydrogens is 234 g/mol. The number of hydrogen-bond acceptors (Lipinski definition) is 2. The minimum Gasteiger partial charge on any atom is -0.299 e. The zero-order valence-corrected chi connectivity index (χ0v) is 11.3. The van der Waals surface area contributed by atoms with Gasteiger partial charge in [0.1, 0.15) is 5.78 Å². The second-order valence-electron chi connectivity index (χ2n) is 5.87. The summed E-state index contributed by atoms with van der Waals surface area (Å²) in [5, 5.41) is 0. The maximum Gasteiger partial charge on any atom is 0.147 e. The fraction of sp³-hybridized carbons (Fsp3) is 0.529. The number of Topliss-reactive ketones (excluding diaryl/α,β-unsaturated/α-hetero) is 1. The molecule has 0 saturated heterocycles. The van der Waals surface area contributed by atoms with Crippen molar-refractivity contribution in [3.05, 3.63) is 35.9 Å². The van der Waals surface area contributed by atoms with Crippen molar-refractivity contribution in [2.45, 2.75) is 44.4 Å². The normalized spacial score (nSPS) is 24.5. The zero-order valence-electron chi connectivity index (χ0n) is 11.3. The molecule has 0 amide bonds. The second-order valence-corrected chi connectivity index (χ2v) is 5.87. The first kappa shape index (κ1) is 12.6. The average molecular weight is 255 g/mol. The molecule has 1 atom stereocenters. The number of rotatable bonds is 3. The topological polar surface area (TPSA) is 29.4 Å². The molecule has 0 radical (unpaired) electrons. The van der Waals surface area contributed by atoms with Crippen molar-refractivity contribution in [2.75, 3.05) is 6.54 Å². The van der Waals surface area contributed by atoms with E-state index in [2.05, 4.69) is 0 Å². The predicted octanol–water partition coefficient (Wildman–Crippen LogP) is 3.76. The summed E-state index contributed by atoms with van der Waals surface area (Å²) in [4.78, 5) is 17.0. The summed E-state index contributed by atoms with van der Waals surface area (Å²) < 4.78 is 0. The zero-order chi connectivity index (χ0) is 13.1. The Kier molecular flexibility index (Phi) is 3.77. The van der Waals surface area contributed by atoms with Gasteiger partial charge in [0, 0.05) is 12.1 Å². The van der Waals surface area contributed by atoms with Crippen molar-refractivity contribution in [3.63, 3.8) is 0 Å². The van der Waals surface area contributed by atoms with E-state index >= 15 is 0 Å². The molecule has 1 aliphatic carbocycles. The molecule has 2 heteroatoms. The molecule has 1 aromatic carbocycles. The van der Waals surface area contributed by atoms with E-state index in [0.29, 0.717) is 18.7 Å². The van der Waals surface area contributed by atoms with Crippen LogP contribution in [0.5, 0.6) is 0 Å². The van der Waals surface area contributed by atoms with E-state index in [1.807, 2.05) is 30.3 Å². The van der Waals surface area contributed by atoms with Crippen molar-refractivity contribution < 1.29 is 4.79 Å². The monoisotopic (exact) mass is 255 g/mol. The van der Waals surface area contributed by atoms with Gasteiger partial charge in [0.15, 0.2) is 0 Å². The van der Waals surface area contributed by atoms with Crippen LogP contribution in [0.1, 0.15) is 50.0 Å². The van der Waals surface area contributed by atoms with Gasteiger partial charge in [-0.2, -0.15) is 0 Å². The van der Waals surface area contributed by atoms with E-state index < -0.39 is 0 Å². The van der Waals surface area contributed by atoms with Crippen LogP contribution >= 0.6 is 0 Å². The lowest BCUT2D eigenvalue weighted by Crippen LogP contribution is -2.25. The van der Waals surface area contributed by atoms with E-state index in [1.165, 1.54) is 25.7 Å². The Morgan fingerprint density at radius 3 is 2.53 bits per heavy atom. The van der Waals surface area contributed by atoms with Crippen LogP contribution in [-0.4, -0.2) is 18.0 Å². The molecule has 0 spiro atoms. The molecule has 0 bridgehead atoms. The molecule has 1 saturated carbocycles. The van der Waals surface area contributed by atoms with Crippen LogP contribution in [-0.2, 0) is 4.79 Å². The van der Waals surface area contributed by atoms with Crippen LogP contribution < -0.4 is 0 Å². The van der Waals surface area contributed by atoms with Gasteiger partial charge in [0.2, 0.25) is 0 Å². The SMILES string of the molecule is O=C1CC(CC2CCCC2)=NCC1c1ccccc1. The summed E-state index contributed by atoms with van der Waals surface area (Å²) in [7, 11) is 0. The highest BCUT2D eigenvalue weighted by atomic mass is 16.1. The van der Waals surface area contributed by atoms with Crippen molar-refractivity contribution in [1.29, 1.82) is 0 Å². The fourth-order valence-electron chi connectivity index (χ4n) is 3.36. The molecule has 1 aliphatic heterocycles. The highest BCUT2D eigenvalue weighted by Gasteiger charge is 2.27. The van der Waals surface area contributed by atoms with Crippen molar-refractivity contribution in [3.8, 4) is 0 Å². The maximum absolute atomic E-state index is 12.3. The van der Waals surface area contributed by atoms with E-state index in [0.717, 1.165) is 23.6 Å². The molecule has 0 N–H and O–H groups in total. The Balaban J connectivity index is 1.66. The summed E-state index contributed by atoms with van der Waals surface area (Å²) in [5.74, 6) is 1.14. The maximum atomic E-state index is 12.3. The lowest BCUT2D eigenvalue weighted by Gasteiger charge is -2.22. The number of carbonyl (C=O) groups is 1. The molecule has 1 heterocycles. The van der Waals surface area contributed by atoms with Crippen LogP contribution in [0, 0.1) is 5.92 Å². The second kappa shape index (κ2) is 5.68. The van der Waals surface area contributed by atoms with Crippen LogP contribution in [0.15, 0.2) is 35.3 Å². The minimum absolute atomic E-state index is 0.00599. The third kappa shape index (κ3) is 2.94. The molecule has 3 rings (SSSR count). The Morgan fingerprint density at radius 1 is 1.11 bits per heavy atom. The molecule has 100 valence electrons. The van der Waals surface area contributed by atoms with Gasteiger partial charge in [-0.05, 0) is 17.9 Å². The summed E-state index contributed by atoms with van der Waals surface area (Å²) in [5.41, 5.74) is 2.28. The van der Waals surface area contributed by atoms with Gasteiger partial charge in [0.25, 0.3) is 0 Å². The number of aliphatic imine (C=N–C) groups is 1. The largest absolute Gasteiger partial charge is 0.299 e. The van der Waals surface area contributed by atoms with Crippen LogP contribution in [0.3, 0.4) is 0 Å². The number of carbonyl (C=O) groups excluding carboxylic acids is 1. The fourth-order valence-corrected chi connectivity index (χ4v) is 3.36. The first-order valence-electron chi connectivity index (χ1n) is 7.43. The highest BCUT2D eigenvalue weighted by molar-refractivity contribution is 6.06.